The Morgan fingerprint density at radius 1 is 0.773 bits per heavy atom. The van der Waals surface area contributed by atoms with Gasteiger partial charge in [-0.25, -0.2) is 0 Å². The van der Waals surface area contributed by atoms with Gasteiger partial charge in [0.25, 0.3) is 0 Å². The number of unbranched alkanes of at least 4 members (excludes halogenated alkanes) is 5. The molecule has 0 atom stereocenters. The minimum Gasteiger partial charge on any atom is -0.370 e. The van der Waals surface area contributed by atoms with Crippen molar-refractivity contribution < 1.29 is 9.59 Å². The highest BCUT2D eigenvalue weighted by atomic mass is 16.1. The first-order chi connectivity index (χ1) is 10.4. The van der Waals surface area contributed by atoms with Crippen LogP contribution in [0.2, 0.25) is 0 Å². The smallest absolute Gasteiger partial charge is 0.217 e. The van der Waals surface area contributed by atoms with E-state index in [1.165, 1.54) is 11.1 Å². The summed E-state index contributed by atoms with van der Waals surface area (Å²) in [4.78, 5) is 20.8. The minimum atomic E-state index is -0.223. The summed E-state index contributed by atoms with van der Waals surface area (Å²) >= 11 is 0. The van der Waals surface area contributed by atoms with E-state index in [0.29, 0.717) is 12.8 Å². The molecule has 0 aliphatic carbocycles. The van der Waals surface area contributed by atoms with Crippen molar-refractivity contribution >= 4 is 11.8 Å². The van der Waals surface area contributed by atoms with Gasteiger partial charge in [0.15, 0.2) is 0 Å². The largest absolute Gasteiger partial charge is 0.370 e. The second-order valence-electron chi connectivity index (χ2n) is 5.71. The number of aryl methyl sites for hydroxylation is 2. The molecular formula is C18H30N2O2. The summed E-state index contributed by atoms with van der Waals surface area (Å²) in [7, 11) is 0. The van der Waals surface area contributed by atoms with E-state index >= 15 is 0 Å². The number of nitrogens with two attached hydrogens (primary N) is 2. The number of primary amides is 2. The summed E-state index contributed by atoms with van der Waals surface area (Å²) in [6, 6.07) is 8.45. The van der Waals surface area contributed by atoms with Crippen molar-refractivity contribution in [3.63, 3.8) is 0 Å². The van der Waals surface area contributed by atoms with Gasteiger partial charge in [-0.3, -0.25) is 9.59 Å². The zero-order valence-electron chi connectivity index (χ0n) is 13.9. The number of amides is 2. The first kappa shape index (κ1) is 20.2. The van der Waals surface area contributed by atoms with Crippen LogP contribution in [0.4, 0.5) is 0 Å². The number of rotatable bonds is 9. The monoisotopic (exact) mass is 306 g/mol. The standard InChI is InChI=1S/C10H20N2O2.C8H10/c11-9(13)7-5-3-1-2-4-6-8-10(12)14;1-7-4-3-5-8(2)6-7/h1-8H2,(H2,11,13)(H2,12,14);3-6H,1-2H3. The van der Waals surface area contributed by atoms with E-state index in [0.717, 1.165) is 38.5 Å². The van der Waals surface area contributed by atoms with Crippen molar-refractivity contribution in [1.29, 1.82) is 0 Å². The molecule has 0 spiro atoms. The number of hydrogen-bond donors (Lipinski definition) is 2. The SMILES string of the molecule is Cc1cccc(C)c1.NC(=O)CCCCCCCCC(N)=O. The van der Waals surface area contributed by atoms with Crippen molar-refractivity contribution in [3.8, 4) is 0 Å². The van der Waals surface area contributed by atoms with E-state index in [4.69, 9.17) is 11.5 Å². The van der Waals surface area contributed by atoms with Gasteiger partial charge >= 0.3 is 0 Å². The van der Waals surface area contributed by atoms with Crippen molar-refractivity contribution in [2.24, 2.45) is 11.5 Å². The fourth-order valence-corrected chi connectivity index (χ4v) is 2.11. The normalized spacial score (nSPS) is 9.73. The van der Waals surface area contributed by atoms with E-state index in [1.807, 2.05) is 0 Å². The third kappa shape index (κ3) is 14.6. The molecule has 2 amide bonds. The Labute approximate surface area is 134 Å². The van der Waals surface area contributed by atoms with Crippen LogP contribution < -0.4 is 11.5 Å². The molecule has 0 aliphatic heterocycles. The van der Waals surface area contributed by atoms with E-state index in [2.05, 4.69) is 38.1 Å². The molecule has 1 rings (SSSR count). The van der Waals surface area contributed by atoms with Gasteiger partial charge < -0.3 is 11.5 Å². The molecule has 0 saturated carbocycles. The van der Waals surface area contributed by atoms with Gasteiger partial charge in [-0.2, -0.15) is 0 Å². The van der Waals surface area contributed by atoms with Gasteiger partial charge in [0.1, 0.15) is 0 Å². The zero-order chi connectivity index (χ0) is 16.8. The predicted octanol–water partition coefficient (Wildman–Crippen LogP) is 3.38. The van der Waals surface area contributed by atoms with E-state index in [-0.39, 0.29) is 11.8 Å². The second kappa shape index (κ2) is 12.9. The molecule has 22 heavy (non-hydrogen) atoms. The highest BCUT2D eigenvalue weighted by Gasteiger charge is 1.96. The lowest BCUT2D eigenvalue weighted by atomic mass is 10.1. The molecule has 1 aromatic rings. The van der Waals surface area contributed by atoms with Crippen molar-refractivity contribution in [1.82, 2.24) is 0 Å². The molecule has 0 radical (unpaired) electrons. The number of benzene rings is 1. The maximum absolute atomic E-state index is 10.4. The van der Waals surface area contributed by atoms with Crippen LogP contribution in [0.1, 0.15) is 62.5 Å². The van der Waals surface area contributed by atoms with Crippen LogP contribution in [0.3, 0.4) is 0 Å². The van der Waals surface area contributed by atoms with Gasteiger partial charge in [-0.05, 0) is 26.7 Å². The fraction of sp³-hybridized carbons (Fsp3) is 0.556. The zero-order valence-corrected chi connectivity index (χ0v) is 13.9. The number of carbonyl (C=O) groups is 2. The van der Waals surface area contributed by atoms with Crippen LogP contribution in [-0.2, 0) is 9.59 Å². The van der Waals surface area contributed by atoms with Crippen LogP contribution in [-0.4, -0.2) is 11.8 Å². The average molecular weight is 306 g/mol. The topological polar surface area (TPSA) is 86.2 Å². The van der Waals surface area contributed by atoms with E-state index in [1.54, 1.807) is 0 Å². The van der Waals surface area contributed by atoms with Crippen LogP contribution in [0.5, 0.6) is 0 Å². The van der Waals surface area contributed by atoms with Gasteiger partial charge in [0.2, 0.25) is 11.8 Å². The molecule has 0 saturated heterocycles. The summed E-state index contributed by atoms with van der Waals surface area (Å²) in [6.45, 7) is 4.21. The van der Waals surface area contributed by atoms with Crippen LogP contribution in [0.15, 0.2) is 24.3 Å². The summed E-state index contributed by atoms with van der Waals surface area (Å²) in [5, 5.41) is 0. The molecule has 4 nitrogen and oxygen atoms in total. The summed E-state index contributed by atoms with van der Waals surface area (Å²) < 4.78 is 0. The first-order valence-electron chi connectivity index (χ1n) is 8.01. The van der Waals surface area contributed by atoms with Crippen LogP contribution >= 0.6 is 0 Å². The average Bonchev–Trinajstić information content (AvgIpc) is 2.41. The predicted molar refractivity (Wildman–Crippen MR) is 91.2 cm³/mol. The quantitative estimate of drug-likeness (QED) is 0.685. The Kier molecular flexibility index (Phi) is 11.8. The Balaban J connectivity index is 0.000000461. The van der Waals surface area contributed by atoms with Crippen molar-refractivity contribution in [2.45, 2.75) is 65.2 Å². The van der Waals surface area contributed by atoms with Gasteiger partial charge in [0, 0.05) is 12.8 Å². The molecule has 124 valence electrons. The molecule has 0 aliphatic rings. The Hall–Kier alpha value is -1.84. The number of carbonyl (C=O) groups excluding carboxylic acids is 2. The van der Waals surface area contributed by atoms with Gasteiger partial charge in [-0.15, -0.1) is 0 Å². The molecule has 0 bridgehead atoms. The molecule has 4 heteroatoms. The molecular weight excluding hydrogens is 276 g/mol. The Bertz CT molecular complexity index is 407. The maximum atomic E-state index is 10.4. The summed E-state index contributed by atoms with van der Waals surface area (Å²) in [5.41, 5.74) is 12.7. The van der Waals surface area contributed by atoms with Gasteiger partial charge in [-0.1, -0.05) is 61.1 Å². The maximum Gasteiger partial charge on any atom is 0.217 e. The van der Waals surface area contributed by atoms with Crippen LogP contribution in [0.25, 0.3) is 0 Å². The lowest BCUT2D eigenvalue weighted by Gasteiger charge is -1.99. The third-order valence-electron chi connectivity index (χ3n) is 3.27. The molecule has 0 heterocycles. The number of hydrogen-bond acceptors (Lipinski definition) is 2. The molecule has 0 unspecified atom stereocenters. The summed E-state index contributed by atoms with van der Waals surface area (Å²) in [6.07, 6.45) is 7.02. The third-order valence-corrected chi connectivity index (χ3v) is 3.27. The lowest BCUT2D eigenvalue weighted by molar-refractivity contribution is -0.119. The lowest BCUT2D eigenvalue weighted by Crippen LogP contribution is -2.09. The molecule has 0 fully saturated rings. The Morgan fingerprint density at radius 2 is 1.14 bits per heavy atom. The van der Waals surface area contributed by atoms with Crippen molar-refractivity contribution in [2.75, 3.05) is 0 Å². The van der Waals surface area contributed by atoms with E-state index < -0.39 is 0 Å². The Morgan fingerprint density at radius 3 is 1.41 bits per heavy atom. The highest BCUT2D eigenvalue weighted by Crippen LogP contribution is 2.08. The molecule has 0 aromatic heterocycles. The molecule has 1 aromatic carbocycles. The fourth-order valence-electron chi connectivity index (χ4n) is 2.11. The van der Waals surface area contributed by atoms with Crippen molar-refractivity contribution in [3.05, 3.63) is 35.4 Å². The highest BCUT2D eigenvalue weighted by molar-refractivity contribution is 5.73. The first-order valence-corrected chi connectivity index (χ1v) is 8.01. The molecule has 4 N–H and O–H groups in total. The minimum absolute atomic E-state index is 0.223. The van der Waals surface area contributed by atoms with Gasteiger partial charge in [0.05, 0.1) is 0 Å². The second-order valence-corrected chi connectivity index (χ2v) is 5.71. The summed E-state index contributed by atoms with van der Waals surface area (Å²) in [5.74, 6) is -0.447. The van der Waals surface area contributed by atoms with Crippen LogP contribution in [0, 0.1) is 13.8 Å². The van der Waals surface area contributed by atoms with E-state index in [9.17, 15) is 9.59 Å².